The van der Waals surface area contributed by atoms with Crippen LogP contribution in [0.1, 0.15) is 15.9 Å². The highest BCUT2D eigenvalue weighted by Gasteiger charge is 2.12. The lowest BCUT2D eigenvalue weighted by Gasteiger charge is -2.06. The second kappa shape index (κ2) is 9.72. The van der Waals surface area contributed by atoms with Gasteiger partial charge in [-0.15, -0.1) is 11.3 Å². The van der Waals surface area contributed by atoms with Crippen molar-refractivity contribution >= 4 is 45.2 Å². The number of benzene rings is 2. The van der Waals surface area contributed by atoms with Crippen molar-refractivity contribution in [1.82, 2.24) is 15.3 Å². The zero-order valence-electron chi connectivity index (χ0n) is 16.7. The van der Waals surface area contributed by atoms with Crippen LogP contribution >= 0.6 is 23.1 Å². The molecular formula is C23H19N3O3S2. The number of ether oxygens (including phenoxy) is 1. The first-order chi connectivity index (χ1) is 15.1. The van der Waals surface area contributed by atoms with E-state index in [4.69, 9.17) is 0 Å². The van der Waals surface area contributed by atoms with E-state index in [9.17, 15) is 9.59 Å². The third-order valence-corrected chi connectivity index (χ3v) is 6.65. The van der Waals surface area contributed by atoms with Gasteiger partial charge in [-0.05, 0) is 29.3 Å². The number of nitrogens with zero attached hydrogens (tertiary/aromatic N) is 2. The molecule has 0 spiro atoms. The van der Waals surface area contributed by atoms with Crippen LogP contribution in [0.25, 0.3) is 20.7 Å². The van der Waals surface area contributed by atoms with Crippen molar-refractivity contribution in [1.29, 1.82) is 0 Å². The SMILES string of the molecule is COC(=O)c1ccc(CNC(=O)CSc2ncnc3sc(-c4ccccc4)cc23)cc1. The summed E-state index contributed by atoms with van der Waals surface area (Å²) in [6.45, 7) is 0.386. The average Bonchev–Trinajstić information content (AvgIpc) is 3.27. The van der Waals surface area contributed by atoms with Crippen LogP contribution in [0.3, 0.4) is 0 Å². The van der Waals surface area contributed by atoms with Crippen LogP contribution in [-0.4, -0.2) is 34.7 Å². The van der Waals surface area contributed by atoms with Gasteiger partial charge in [0.1, 0.15) is 16.2 Å². The molecule has 4 rings (SSSR count). The van der Waals surface area contributed by atoms with Crippen molar-refractivity contribution in [3.05, 3.63) is 78.1 Å². The fraction of sp³-hybridized carbons (Fsp3) is 0.130. The van der Waals surface area contributed by atoms with Gasteiger partial charge in [-0.25, -0.2) is 14.8 Å². The number of hydrogen-bond donors (Lipinski definition) is 1. The largest absolute Gasteiger partial charge is 0.465 e. The molecule has 0 saturated carbocycles. The van der Waals surface area contributed by atoms with Crippen molar-refractivity contribution in [3.63, 3.8) is 0 Å². The number of esters is 1. The molecule has 1 amide bonds. The van der Waals surface area contributed by atoms with Gasteiger partial charge in [-0.3, -0.25) is 4.79 Å². The molecular weight excluding hydrogens is 430 g/mol. The third-order valence-electron chi connectivity index (χ3n) is 4.56. The van der Waals surface area contributed by atoms with E-state index in [0.29, 0.717) is 12.1 Å². The van der Waals surface area contributed by atoms with Crippen LogP contribution in [0, 0.1) is 0 Å². The molecule has 2 aromatic heterocycles. The quantitative estimate of drug-likeness (QED) is 0.253. The highest BCUT2D eigenvalue weighted by molar-refractivity contribution is 8.00. The summed E-state index contributed by atoms with van der Waals surface area (Å²) in [5.41, 5.74) is 2.52. The predicted molar refractivity (Wildman–Crippen MR) is 123 cm³/mol. The lowest BCUT2D eigenvalue weighted by atomic mass is 10.1. The summed E-state index contributed by atoms with van der Waals surface area (Å²) in [6, 6.07) is 19.2. The fourth-order valence-corrected chi connectivity index (χ4v) is 4.83. The maximum atomic E-state index is 12.3. The summed E-state index contributed by atoms with van der Waals surface area (Å²) in [4.78, 5) is 34.6. The minimum Gasteiger partial charge on any atom is -0.465 e. The van der Waals surface area contributed by atoms with E-state index in [1.807, 2.05) is 18.2 Å². The number of rotatable bonds is 7. The van der Waals surface area contributed by atoms with Crippen molar-refractivity contribution in [2.45, 2.75) is 11.6 Å². The summed E-state index contributed by atoms with van der Waals surface area (Å²) >= 11 is 3.01. The van der Waals surface area contributed by atoms with Gasteiger partial charge in [-0.2, -0.15) is 0 Å². The number of fused-ring (bicyclic) bond motifs is 1. The molecule has 0 radical (unpaired) electrons. The number of hydrogen-bond acceptors (Lipinski definition) is 7. The molecule has 0 fully saturated rings. The number of carbonyl (C=O) groups is 2. The number of thiophene rings is 1. The zero-order chi connectivity index (χ0) is 21.6. The molecule has 8 heteroatoms. The molecule has 0 atom stereocenters. The maximum absolute atomic E-state index is 12.3. The standard InChI is InChI=1S/C23H19N3O3S2/c1-29-23(28)17-9-7-15(8-10-17)12-24-20(27)13-30-21-18-11-19(16-5-3-2-4-6-16)31-22(18)26-14-25-21/h2-11,14H,12-13H2,1H3,(H,24,27). The molecule has 0 aliphatic heterocycles. The minimum absolute atomic E-state index is 0.0904. The predicted octanol–water partition coefficient (Wildman–Crippen LogP) is 4.55. The molecule has 0 bridgehead atoms. The van der Waals surface area contributed by atoms with Gasteiger partial charge in [0.2, 0.25) is 5.91 Å². The van der Waals surface area contributed by atoms with Gasteiger partial charge in [-0.1, -0.05) is 54.2 Å². The van der Waals surface area contributed by atoms with E-state index < -0.39 is 0 Å². The molecule has 6 nitrogen and oxygen atoms in total. The Morgan fingerprint density at radius 2 is 1.84 bits per heavy atom. The molecule has 2 heterocycles. The van der Waals surface area contributed by atoms with E-state index >= 15 is 0 Å². The number of aromatic nitrogens is 2. The highest BCUT2D eigenvalue weighted by Crippen LogP contribution is 2.35. The molecule has 1 N–H and O–H groups in total. The molecule has 0 unspecified atom stereocenters. The number of nitrogens with one attached hydrogen (secondary N) is 1. The van der Waals surface area contributed by atoms with Crippen LogP contribution in [-0.2, 0) is 16.1 Å². The van der Waals surface area contributed by atoms with Crippen molar-refractivity contribution in [2.24, 2.45) is 0 Å². The van der Waals surface area contributed by atoms with Gasteiger partial charge in [0.05, 0.1) is 18.4 Å². The first-order valence-electron chi connectivity index (χ1n) is 9.51. The van der Waals surface area contributed by atoms with Gasteiger partial charge in [0, 0.05) is 16.8 Å². The van der Waals surface area contributed by atoms with E-state index in [2.05, 4.69) is 38.2 Å². The van der Waals surface area contributed by atoms with Crippen LogP contribution < -0.4 is 5.32 Å². The second-order valence-electron chi connectivity index (χ2n) is 6.63. The van der Waals surface area contributed by atoms with E-state index in [1.165, 1.54) is 25.2 Å². The van der Waals surface area contributed by atoms with Crippen LogP contribution in [0.2, 0.25) is 0 Å². The minimum atomic E-state index is -0.382. The normalized spacial score (nSPS) is 10.7. The first-order valence-corrected chi connectivity index (χ1v) is 11.3. The number of amides is 1. The number of methoxy groups -OCH3 is 1. The summed E-state index contributed by atoms with van der Waals surface area (Å²) in [6.07, 6.45) is 1.54. The molecule has 0 aliphatic rings. The lowest BCUT2D eigenvalue weighted by molar-refractivity contribution is -0.118. The lowest BCUT2D eigenvalue weighted by Crippen LogP contribution is -2.24. The Balaban J connectivity index is 1.37. The molecule has 0 saturated heterocycles. The van der Waals surface area contributed by atoms with Gasteiger partial charge in [0.25, 0.3) is 0 Å². The van der Waals surface area contributed by atoms with E-state index in [-0.39, 0.29) is 17.6 Å². The Kier molecular flexibility index (Phi) is 6.59. The molecule has 0 aliphatic carbocycles. The van der Waals surface area contributed by atoms with Gasteiger partial charge >= 0.3 is 5.97 Å². The van der Waals surface area contributed by atoms with Crippen molar-refractivity contribution in [2.75, 3.05) is 12.9 Å². The van der Waals surface area contributed by atoms with Crippen LogP contribution in [0.5, 0.6) is 0 Å². The molecule has 2 aromatic carbocycles. The monoisotopic (exact) mass is 449 g/mol. The number of carbonyl (C=O) groups excluding carboxylic acids is 2. The second-order valence-corrected chi connectivity index (χ2v) is 8.62. The van der Waals surface area contributed by atoms with Crippen LogP contribution in [0.15, 0.2) is 72.0 Å². The van der Waals surface area contributed by atoms with Crippen molar-refractivity contribution < 1.29 is 14.3 Å². The molecule has 4 aromatic rings. The Labute approximate surface area is 187 Å². The Hall–Kier alpha value is -3.23. The molecule has 156 valence electrons. The fourth-order valence-electron chi connectivity index (χ4n) is 2.96. The first kappa shape index (κ1) is 21.0. The van der Waals surface area contributed by atoms with E-state index in [0.717, 1.165) is 31.2 Å². The number of thioether (sulfide) groups is 1. The Morgan fingerprint density at radius 1 is 1.06 bits per heavy atom. The van der Waals surface area contributed by atoms with Gasteiger partial charge in [0.15, 0.2) is 0 Å². The Morgan fingerprint density at radius 3 is 2.58 bits per heavy atom. The van der Waals surface area contributed by atoms with Gasteiger partial charge < -0.3 is 10.1 Å². The molecule has 31 heavy (non-hydrogen) atoms. The average molecular weight is 450 g/mol. The maximum Gasteiger partial charge on any atom is 0.337 e. The summed E-state index contributed by atoms with van der Waals surface area (Å²) in [7, 11) is 1.35. The summed E-state index contributed by atoms with van der Waals surface area (Å²) in [5.74, 6) is -0.220. The third kappa shape index (κ3) is 5.10. The zero-order valence-corrected chi connectivity index (χ0v) is 18.3. The van der Waals surface area contributed by atoms with Crippen LogP contribution in [0.4, 0.5) is 0 Å². The summed E-state index contributed by atoms with van der Waals surface area (Å²) in [5, 5.41) is 4.65. The Bertz CT molecular complexity index is 1210. The highest BCUT2D eigenvalue weighted by atomic mass is 32.2. The van der Waals surface area contributed by atoms with Crippen molar-refractivity contribution in [3.8, 4) is 10.4 Å². The van der Waals surface area contributed by atoms with E-state index in [1.54, 1.807) is 35.6 Å². The topological polar surface area (TPSA) is 81.2 Å². The smallest absolute Gasteiger partial charge is 0.337 e. The summed E-state index contributed by atoms with van der Waals surface area (Å²) < 4.78 is 4.68.